The second-order valence-corrected chi connectivity index (χ2v) is 4.07. The van der Waals surface area contributed by atoms with Crippen LogP contribution in [0.4, 0.5) is 8.78 Å². The van der Waals surface area contributed by atoms with Crippen LogP contribution in [0, 0.1) is 13.8 Å². The highest BCUT2D eigenvalue weighted by molar-refractivity contribution is 5.94. The van der Waals surface area contributed by atoms with E-state index >= 15 is 0 Å². The van der Waals surface area contributed by atoms with E-state index < -0.39 is 25.0 Å². The van der Waals surface area contributed by atoms with E-state index in [1.54, 1.807) is 12.1 Å². The fourth-order valence-corrected chi connectivity index (χ4v) is 1.47. The molecule has 1 aromatic carbocycles. The molecule has 1 aromatic rings. The molecule has 2 N–H and O–H groups in total. The number of nitrogens with one attached hydrogen (secondary N) is 1. The summed E-state index contributed by atoms with van der Waals surface area (Å²) in [5.74, 6) is -3.85. The minimum atomic E-state index is -3.28. The smallest absolute Gasteiger partial charge is 0.287 e. The van der Waals surface area contributed by atoms with E-state index in [-0.39, 0.29) is 0 Å². The molecule has 0 fully saturated rings. The summed E-state index contributed by atoms with van der Waals surface area (Å²) in [6, 6.07) is 5.14. The molecule has 0 aromatic heterocycles. The van der Waals surface area contributed by atoms with Crippen LogP contribution in [-0.2, 0) is 0 Å². The number of aliphatic hydroxyl groups is 1. The third-order valence-corrected chi connectivity index (χ3v) is 2.22. The van der Waals surface area contributed by atoms with Gasteiger partial charge in [0.2, 0.25) is 0 Å². The third-order valence-electron chi connectivity index (χ3n) is 2.22. The van der Waals surface area contributed by atoms with Crippen molar-refractivity contribution in [1.29, 1.82) is 0 Å². The van der Waals surface area contributed by atoms with Gasteiger partial charge in [0.15, 0.2) is 0 Å². The molecule has 0 aliphatic carbocycles. The fourth-order valence-electron chi connectivity index (χ4n) is 1.47. The largest absolute Gasteiger partial charge is 0.390 e. The van der Waals surface area contributed by atoms with E-state index in [1.165, 1.54) is 0 Å². The van der Waals surface area contributed by atoms with Crippen molar-refractivity contribution in [3.8, 4) is 0 Å². The van der Waals surface area contributed by atoms with E-state index in [2.05, 4.69) is 5.32 Å². The van der Waals surface area contributed by atoms with Gasteiger partial charge in [-0.25, -0.2) is 8.78 Å². The maximum Gasteiger partial charge on any atom is 0.287 e. The van der Waals surface area contributed by atoms with Gasteiger partial charge in [0, 0.05) is 5.56 Å². The van der Waals surface area contributed by atoms with E-state index in [0.717, 1.165) is 11.1 Å². The number of aryl methyl sites for hydroxylation is 2. The lowest BCUT2D eigenvalue weighted by molar-refractivity contribution is -0.0462. The van der Waals surface area contributed by atoms with Crippen molar-refractivity contribution in [3.63, 3.8) is 0 Å². The predicted molar refractivity (Wildman–Crippen MR) is 60.3 cm³/mol. The quantitative estimate of drug-likeness (QED) is 0.845. The van der Waals surface area contributed by atoms with Crippen LogP contribution in [0.2, 0.25) is 0 Å². The minimum Gasteiger partial charge on any atom is -0.390 e. The highest BCUT2D eigenvalue weighted by atomic mass is 19.3. The Bertz CT molecular complexity index is 399. The van der Waals surface area contributed by atoms with Crippen molar-refractivity contribution >= 4 is 5.91 Å². The van der Waals surface area contributed by atoms with Crippen LogP contribution >= 0.6 is 0 Å². The lowest BCUT2D eigenvalue weighted by Gasteiger charge is -2.14. The molecule has 0 heterocycles. The summed E-state index contributed by atoms with van der Waals surface area (Å²) in [5.41, 5.74) is 2.13. The molecule has 3 nitrogen and oxygen atoms in total. The number of alkyl halides is 2. The second kappa shape index (κ2) is 5.23. The maximum atomic E-state index is 12.7. The van der Waals surface area contributed by atoms with Crippen molar-refractivity contribution in [3.05, 3.63) is 34.9 Å². The second-order valence-electron chi connectivity index (χ2n) is 4.07. The number of rotatable bonds is 4. The topological polar surface area (TPSA) is 49.3 Å². The minimum absolute atomic E-state index is 0.344. The molecule has 17 heavy (non-hydrogen) atoms. The molecular weight excluding hydrogens is 228 g/mol. The predicted octanol–water partition coefficient (Wildman–Crippen LogP) is 1.66. The van der Waals surface area contributed by atoms with Gasteiger partial charge in [-0.05, 0) is 26.0 Å². The summed E-state index contributed by atoms with van der Waals surface area (Å²) in [6.07, 6.45) is 0. The highest BCUT2D eigenvalue weighted by Crippen LogP contribution is 2.12. The van der Waals surface area contributed by atoms with Crippen LogP contribution in [0.15, 0.2) is 18.2 Å². The zero-order valence-corrected chi connectivity index (χ0v) is 9.76. The zero-order valence-electron chi connectivity index (χ0n) is 9.76. The summed E-state index contributed by atoms with van der Waals surface area (Å²) in [5, 5.41) is 10.5. The van der Waals surface area contributed by atoms with Crippen molar-refractivity contribution in [1.82, 2.24) is 5.32 Å². The summed E-state index contributed by atoms with van der Waals surface area (Å²) >= 11 is 0. The van der Waals surface area contributed by atoms with Crippen molar-refractivity contribution in [2.75, 3.05) is 13.2 Å². The first-order valence-electron chi connectivity index (χ1n) is 5.19. The molecule has 0 saturated heterocycles. The van der Waals surface area contributed by atoms with Gasteiger partial charge in [-0.3, -0.25) is 4.79 Å². The molecule has 0 aliphatic heterocycles. The molecular formula is C12H15F2NO2. The Morgan fingerprint density at radius 2 is 1.82 bits per heavy atom. The Kier molecular flexibility index (Phi) is 4.17. The molecule has 0 unspecified atom stereocenters. The Balaban J connectivity index is 2.70. The van der Waals surface area contributed by atoms with Crippen LogP contribution in [0.3, 0.4) is 0 Å². The summed E-state index contributed by atoms with van der Waals surface area (Å²) in [4.78, 5) is 11.6. The standard InChI is InChI=1S/C12H15F2NO2/c1-8-3-9(2)5-10(4-8)11(17)15-6-12(13,14)7-16/h3-5,16H,6-7H2,1-2H3,(H,15,17). The van der Waals surface area contributed by atoms with Gasteiger partial charge >= 0.3 is 0 Å². The Morgan fingerprint density at radius 3 is 2.29 bits per heavy atom. The summed E-state index contributed by atoms with van der Waals surface area (Å²) in [7, 11) is 0. The first-order valence-corrected chi connectivity index (χ1v) is 5.19. The van der Waals surface area contributed by atoms with Gasteiger partial charge in [-0.15, -0.1) is 0 Å². The van der Waals surface area contributed by atoms with E-state index in [1.807, 2.05) is 19.9 Å². The van der Waals surface area contributed by atoms with Crippen LogP contribution in [-0.4, -0.2) is 30.1 Å². The van der Waals surface area contributed by atoms with Crippen LogP contribution in [0.5, 0.6) is 0 Å². The van der Waals surface area contributed by atoms with Crippen LogP contribution in [0.1, 0.15) is 21.5 Å². The van der Waals surface area contributed by atoms with Gasteiger partial charge in [0.05, 0.1) is 6.54 Å². The highest BCUT2D eigenvalue weighted by Gasteiger charge is 2.28. The van der Waals surface area contributed by atoms with Crippen LogP contribution < -0.4 is 5.32 Å². The monoisotopic (exact) mass is 243 g/mol. The van der Waals surface area contributed by atoms with Crippen molar-refractivity contribution < 1.29 is 18.7 Å². The number of carbonyl (C=O) groups excluding carboxylic acids is 1. The molecule has 0 bridgehead atoms. The normalized spacial score (nSPS) is 11.4. The van der Waals surface area contributed by atoms with E-state index in [4.69, 9.17) is 5.11 Å². The Labute approximate surface area is 98.5 Å². The van der Waals surface area contributed by atoms with Gasteiger partial charge in [0.1, 0.15) is 6.61 Å². The lowest BCUT2D eigenvalue weighted by Crippen LogP contribution is -2.39. The number of hydrogen-bond acceptors (Lipinski definition) is 2. The fraction of sp³-hybridized carbons (Fsp3) is 0.417. The van der Waals surface area contributed by atoms with Gasteiger partial charge in [-0.2, -0.15) is 0 Å². The molecule has 5 heteroatoms. The summed E-state index contributed by atoms with van der Waals surface area (Å²) in [6.45, 7) is 1.51. The van der Waals surface area contributed by atoms with Crippen molar-refractivity contribution in [2.45, 2.75) is 19.8 Å². The van der Waals surface area contributed by atoms with Gasteiger partial charge < -0.3 is 10.4 Å². The number of hydrogen-bond donors (Lipinski definition) is 2. The Hall–Kier alpha value is -1.49. The van der Waals surface area contributed by atoms with E-state index in [0.29, 0.717) is 5.56 Å². The molecule has 0 spiro atoms. The van der Waals surface area contributed by atoms with Gasteiger partial charge in [-0.1, -0.05) is 17.2 Å². The number of amides is 1. The molecule has 0 radical (unpaired) electrons. The molecule has 1 rings (SSSR count). The SMILES string of the molecule is Cc1cc(C)cc(C(=O)NCC(F)(F)CO)c1. The Morgan fingerprint density at radius 1 is 1.29 bits per heavy atom. The zero-order chi connectivity index (χ0) is 13.1. The molecule has 0 saturated carbocycles. The molecule has 0 aliphatic rings. The first kappa shape index (κ1) is 13.6. The van der Waals surface area contributed by atoms with Gasteiger partial charge in [0.25, 0.3) is 11.8 Å². The number of benzene rings is 1. The average Bonchev–Trinajstić information content (AvgIpc) is 2.24. The average molecular weight is 243 g/mol. The van der Waals surface area contributed by atoms with Crippen LogP contribution in [0.25, 0.3) is 0 Å². The number of halogens is 2. The number of carbonyl (C=O) groups is 1. The molecule has 0 atom stereocenters. The lowest BCUT2D eigenvalue weighted by atomic mass is 10.1. The first-order chi connectivity index (χ1) is 7.84. The number of aliphatic hydroxyl groups excluding tert-OH is 1. The molecule has 1 amide bonds. The summed E-state index contributed by atoms with van der Waals surface area (Å²) < 4.78 is 25.4. The van der Waals surface area contributed by atoms with Crippen molar-refractivity contribution in [2.24, 2.45) is 0 Å². The third kappa shape index (κ3) is 4.11. The maximum absolute atomic E-state index is 12.7. The molecule has 94 valence electrons. The van der Waals surface area contributed by atoms with E-state index in [9.17, 15) is 13.6 Å².